The van der Waals surface area contributed by atoms with Gasteiger partial charge in [-0.3, -0.25) is 9.69 Å². The van der Waals surface area contributed by atoms with Crippen molar-refractivity contribution < 1.29 is 4.79 Å². The number of carbonyl (C=O) groups is 1. The molecule has 0 unspecified atom stereocenters. The highest BCUT2D eigenvalue weighted by Gasteiger charge is 2.21. The summed E-state index contributed by atoms with van der Waals surface area (Å²) in [7, 11) is 4.10. The van der Waals surface area contributed by atoms with Crippen LogP contribution in [0.1, 0.15) is 27.9 Å². The van der Waals surface area contributed by atoms with Crippen molar-refractivity contribution in [3.8, 4) is 0 Å². The van der Waals surface area contributed by atoms with Gasteiger partial charge < -0.3 is 4.90 Å². The van der Waals surface area contributed by atoms with Crippen molar-refractivity contribution in [3.05, 3.63) is 59.2 Å². The molecule has 0 bridgehead atoms. The molecule has 3 rings (SSSR count). The van der Waals surface area contributed by atoms with E-state index in [0.717, 1.165) is 33.9 Å². The van der Waals surface area contributed by atoms with Gasteiger partial charge in [0.15, 0.2) is 5.13 Å². The first kappa shape index (κ1) is 18.5. The van der Waals surface area contributed by atoms with E-state index in [2.05, 4.69) is 24.0 Å². The molecule has 0 aliphatic rings. The van der Waals surface area contributed by atoms with Gasteiger partial charge in [0, 0.05) is 12.1 Å². The largest absolute Gasteiger partial charge is 0.309 e. The number of amides is 1. The Morgan fingerprint density at radius 3 is 2.38 bits per heavy atom. The van der Waals surface area contributed by atoms with E-state index in [1.54, 1.807) is 11.3 Å². The van der Waals surface area contributed by atoms with Gasteiger partial charge in [-0.1, -0.05) is 35.1 Å². The van der Waals surface area contributed by atoms with Crippen molar-refractivity contribution >= 4 is 32.6 Å². The zero-order chi connectivity index (χ0) is 18.7. The van der Waals surface area contributed by atoms with Crippen LogP contribution < -0.4 is 4.90 Å². The third-order valence-corrected chi connectivity index (χ3v) is 5.34. The van der Waals surface area contributed by atoms with Crippen LogP contribution in [0.5, 0.6) is 0 Å². The molecule has 0 atom stereocenters. The maximum Gasteiger partial charge on any atom is 0.260 e. The van der Waals surface area contributed by atoms with Gasteiger partial charge in [-0.05, 0) is 70.7 Å². The third kappa shape index (κ3) is 4.29. The Balaban J connectivity index is 1.92. The van der Waals surface area contributed by atoms with Gasteiger partial charge in [-0.15, -0.1) is 0 Å². The number of hydrogen-bond donors (Lipinski definition) is 0. The lowest BCUT2D eigenvalue weighted by atomic mass is 10.1. The fourth-order valence-corrected chi connectivity index (χ4v) is 3.90. The van der Waals surface area contributed by atoms with Gasteiger partial charge in [0.2, 0.25) is 0 Å². The number of carbonyl (C=O) groups excluding carboxylic acids is 1. The predicted molar refractivity (Wildman–Crippen MR) is 110 cm³/mol. The second-order valence-corrected chi connectivity index (χ2v) is 7.96. The Morgan fingerprint density at radius 1 is 1.00 bits per heavy atom. The van der Waals surface area contributed by atoms with Gasteiger partial charge in [-0.2, -0.15) is 0 Å². The molecule has 5 heteroatoms. The number of fused-ring (bicyclic) bond motifs is 1. The summed E-state index contributed by atoms with van der Waals surface area (Å²) >= 11 is 1.58. The highest BCUT2D eigenvalue weighted by molar-refractivity contribution is 7.22. The lowest BCUT2D eigenvalue weighted by Crippen LogP contribution is -2.33. The monoisotopic (exact) mass is 367 g/mol. The minimum atomic E-state index is 0.0135. The van der Waals surface area contributed by atoms with E-state index < -0.39 is 0 Å². The first-order valence-electron chi connectivity index (χ1n) is 8.84. The number of nitrogens with zero attached hydrogens (tertiary/aromatic N) is 3. The summed E-state index contributed by atoms with van der Waals surface area (Å²) in [5, 5.41) is 0.773. The number of benzene rings is 2. The number of thiazole rings is 1. The summed E-state index contributed by atoms with van der Waals surface area (Å²) in [5.41, 5.74) is 4.01. The van der Waals surface area contributed by atoms with Crippen LogP contribution in [-0.4, -0.2) is 43.0 Å². The van der Waals surface area contributed by atoms with E-state index in [0.29, 0.717) is 12.1 Å². The summed E-state index contributed by atoms with van der Waals surface area (Å²) in [4.78, 5) is 21.8. The van der Waals surface area contributed by atoms with E-state index in [1.165, 1.54) is 5.56 Å². The first-order valence-corrected chi connectivity index (χ1v) is 9.66. The average molecular weight is 368 g/mol. The van der Waals surface area contributed by atoms with Crippen LogP contribution in [0.2, 0.25) is 0 Å². The SMILES string of the molecule is Cc1ccc(C(=O)N(CCCN(C)C)c2nc3ccc(C)cc3s2)cc1. The summed E-state index contributed by atoms with van der Waals surface area (Å²) in [6.45, 7) is 5.69. The normalized spacial score (nSPS) is 11.3. The maximum absolute atomic E-state index is 13.2. The molecule has 0 saturated carbocycles. The average Bonchev–Trinajstić information content (AvgIpc) is 3.01. The zero-order valence-corrected chi connectivity index (χ0v) is 16.6. The molecule has 0 aliphatic carbocycles. The fourth-order valence-electron chi connectivity index (χ4n) is 2.82. The highest BCUT2D eigenvalue weighted by atomic mass is 32.1. The molecule has 0 radical (unpaired) electrons. The molecule has 136 valence electrons. The molecule has 0 spiro atoms. The fraction of sp³-hybridized carbons (Fsp3) is 0.333. The standard InChI is InChI=1S/C21H25N3OS/c1-15-6-9-17(10-7-15)20(25)24(13-5-12-23(3)4)21-22-18-11-8-16(2)14-19(18)26-21/h6-11,14H,5,12-13H2,1-4H3. The summed E-state index contributed by atoms with van der Waals surface area (Å²) in [6, 6.07) is 14.0. The highest BCUT2D eigenvalue weighted by Crippen LogP contribution is 2.30. The summed E-state index contributed by atoms with van der Waals surface area (Å²) in [5.74, 6) is 0.0135. The zero-order valence-electron chi connectivity index (χ0n) is 15.8. The van der Waals surface area contributed by atoms with Crippen LogP contribution in [0.4, 0.5) is 5.13 Å². The molecule has 4 nitrogen and oxygen atoms in total. The molecule has 2 aromatic carbocycles. The Morgan fingerprint density at radius 2 is 1.69 bits per heavy atom. The van der Waals surface area contributed by atoms with Crippen molar-refractivity contribution in [2.45, 2.75) is 20.3 Å². The van der Waals surface area contributed by atoms with Crippen LogP contribution in [0.3, 0.4) is 0 Å². The van der Waals surface area contributed by atoms with Crippen LogP contribution in [0.25, 0.3) is 10.2 Å². The summed E-state index contributed by atoms with van der Waals surface area (Å²) in [6.07, 6.45) is 0.902. The number of anilines is 1. The topological polar surface area (TPSA) is 36.4 Å². The molecule has 1 aromatic heterocycles. The Hall–Kier alpha value is -2.24. The van der Waals surface area contributed by atoms with Crippen LogP contribution in [-0.2, 0) is 0 Å². The summed E-state index contributed by atoms with van der Waals surface area (Å²) < 4.78 is 1.12. The molecule has 1 amide bonds. The lowest BCUT2D eigenvalue weighted by Gasteiger charge is -2.21. The van der Waals surface area contributed by atoms with Gasteiger partial charge in [0.05, 0.1) is 10.2 Å². The number of aryl methyl sites for hydroxylation is 2. The van der Waals surface area contributed by atoms with Crippen LogP contribution >= 0.6 is 11.3 Å². The van der Waals surface area contributed by atoms with Crippen LogP contribution in [0, 0.1) is 13.8 Å². The first-order chi connectivity index (χ1) is 12.4. The van der Waals surface area contributed by atoms with E-state index in [9.17, 15) is 4.79 Å². The molecule has 1 heterocycles. The van der Waals surface area contributed by atoms with Gasteiger partial charge in [-0.25, -0.2) is 4.98 Å². The minimum Gasteiger partial charge on any atom is -0.309 e. The molecule has 3 aromatic rings. The number of aromatic nitrogens is 1. The molecular formula is C21H25N3OS. The van der Waals surface area contributed by atoms with Crippen LogP contribution in [0.15, 0.2) is 42.5 Å². The second-order valence-electron chi connectivity index (χ2n) is 6.95. The smallest absolute Gasteiger partial charge is 0.260 e. The van der Waals surface area contributed by atoms with E-state index >= 15 is 0 Å². The van der Waals surface area contributed by atoms with Crippen molar-refractivity contribution in [2.24, 2.45) is 0 Å². The van der Waals surface area contributed by atoms with Crippen molar-refractivity contribution in [3.63, 3.8) is 0 Å². The van der Waals surface area contributed by atoms with E-state index in [1.807, 2.05) is 56.3 Å². The van der Waals surface area contributed by atoms with E-state index in [-0.39, 0.29) is 5.91 Å². The maximum atomic E-state index is 13.2. The third-order valence-electron chi connectivity index (χ3n) is 4.29. The van der Waals surface area contributed by atoms with E-state index in [4.69, 9.17) is 4.98 Å². The van der Waals surface area contributed by atoms with Gasteiger partial charge in [0.1, 0.15) is 0 Å². The van der Waals surface area contributed by atoms with Crippen molar-refractivity contribution in [2.75, 3.05) is 32.1 Å². The molecule has 0 N–H and O–H groups in total. The van der Waals surface area contributed by atoms with Gasteiger partial charge in [0.25, 0.3) is 5.91 Å². The Kier molecular flexibility index (Phi) is 5.69. The minimum absolute atomic E-state index is 0.0135. The number of hydrogen-bond acceptors (Lipinski definition) is 4. The van der Waals surface area contributed by atoms with Crippen molar-refractivity contribution in [1.82, 2.24) is 9.88 Å². The lowest BCUT2D eigenvalue weighted by molar-refractivity contribution is 0.0986. The molecule has 0 saturated heterocycles. The molecule has 0 aliphatic heterocycles. The molecule has 0 fully saturated rings. The molecule has 26 heavy (non-hydrogen) atoms. The Bertz CT molecular complexity index is 899. The number of rotatable bonds is 6. The molecular weight excluding hydrogens is 342 g/mol. The second kappa shape index (κ2) is 7.98. The quantitative estimate of drug-likeness (QED) is 0.643. The van der Waals surface area contributed by atoms with Gasteiger partial charge >= 0.3 is 0 Å². The Labute approximate surface area is 159 Å². The predicted octanol–water partition coefficient (Wildman–Crippen LogP) is 4.51. The van der Waals surface area contributed by atoms with Crippen molar-refractivity contribution in [1.29, 1.82) is 0 Å².